The maximum atomic E-state index is 11.9. The van der Waals surface area contributed by atoms with Crippen LogP contribution in [0.5, 0.6) is 0 Å². The molecule has 1 amide bonds. The van der Waals surface area contributed by atoms with Crippen LogP contribution in [0.15, 0.2) is 66.1 Å². The van der Waals surface area contributed by atoms with Crippen LogP contribution in [0.2, 0.25) is 0 Å². The topological polar surface area (TPSA) is 60.9 Å². The van der Waals surface area contributed by atoms with E-state index in [1.165, 1.54) is 22.9 Å². The van der Waals surface area contributed by atoms with E-state index in [2.05, 4.69) is 37.0 Å². The van der Waals surface area contributed by atoms with Crippen molar-refractivity contribution in [3.63, 3.8) is 0 Å². The van der Waals surface area contributed by atoms with Crippen molar-refractivity contribution in [1.29, 1.82) is 0 Å². The van der Waals surface area contributed by atoms with Crippen molar-refractivity contribution in [2.45, 2.75) is 24.3 Å². The Morgan fingerprint density at radius 3 is 2.54 bits per heavy atom. The summed E-state index contributed by atoms with van der Waals surface area (Å²) in [5.74, 6) is -0.374. The van der Waals surface area contributed by atoms with Gasteiger partial charge in [-0.2, -0.15) is 0 Å². The Bertz CT molecular complexity index is 858. The van der Waals surface area contributed by atoms with Crippen LogP contribution >= 0.6 is 11.8 Å². The molecule has 0 saturated heterocycles. The summed E-state index contributed by atoms with van der Waals surface area (Å²) in [4.78, 5) is 16.3. The lowest BCUT2D eigenvalue weighted by atomic mass is 10.1. The second kappa shape index (κ2) is 6.93. The molecule has 0 aliphatic heterocycles. The van der Waals surface area contributed by atoms with Gasteiger partial charge in [-0.1, -0.05) is 48.2 Å². The predicted octanol–water partition coefficient (Wildman–Crippen LogP) is 3.81. The molecular formula is C19H19N3OS. The van der Waals surface area contributed by atoms with Gasteiger partial charge in [-0.3, -0.25) is 9.36 Å². The number of hydrogen-bond donors (Lipinski definition) is 1. The molecule has 0 fully saturated rings. The molecule has 4 nitrogen and oxygen atoms in total. The molecule has 3 aromatic rings. The van der Waals surface area contributed by atoms with E-state index >= 15 is 0 Å². The highest BCUT2D eigenvalue weighted by Gasteiger charge is 2.22. The first kappa shape index (κ1) is 16.3. The first-order valence-electron chi connectivity index (χ1n) is 7.68. The van der Waals surface area contributed by atoms with Crippen molar-refractivity contribution in [3.05, 3.63) is 77.6 Å². The van der Waals surface area contributed by atoms with Gasteiger partial charge in [0.05, 0.1) is 0 Å². The third-order valence-electron chi connectivity index (χ3n) is 3.96. The third-order valence-corrected chi connectivity index (χ3v) is 5.21. The van der Waals surface area contributed by atoms with Gasteiger partial charge < -0.3 is 5.73 Å². The van der Waals surface area contributed by atoms with Gasteiger partial charge >= 0.3 is 0 Å². The van der Waals surface area contributed by atoms with Gasteiger partial charge in [0.25, 0.3) is 0 Å². The third kappa shape index (κ3) is 3.36. The second-order valence-electron chi connectivity index (χ2n) is 5.66. The fourth-order valence-corrected chi connectivity index (χ4v) is 3.49. The van der Waals surface area contributed by atoms with Gasteiger partial charge in [0.15, 0.2) is 5.16 Å². The van der Waals surface area contributed by atoms with E-state index in [1.807, 2.05) is 41.1 Å². The van der Waals surface area contributed by atoms with Crippen molar-refractivity contribution in [3.8, 4) is 5.69 Å². The lowest BCUT2D eigenvalue weighted by molar-refractivity contribution is -0.117. The van der Waals surface area contributed by atoms with Crippen LogP contribution in [0.3, 0.4) is 0 Å². The smallest absolute Gasteiger partial charge is 0.235 e. The van der Waals surface area contributed by atoms with E-state index < -0.39 is 5.25 Å². The molecule has 122 valence electrons. The Balaban J connectivity index is 1.94. The number of amides is 1. The number of aromatic nitrogens is 2. The molecule has 2 aromatic carbocycles. The number of aryl methyl sites for hydroxylation is 2. The fourth-order valence-electron chi connectivity index (χ4n) is 2.47. The van der Waals surface area contributed by atoms with Gasteiger partial charge in [0, 0.05) is 18.1 Å². The SMILES string of the molecule is Cc1ccc(-n2ccnc2S[C@@H](C(N)=O)c2ccccc2)cc1C. The zero-order chi connectivity index (χ0) is 17.1. The van der Waals surface area contributed by atoms with Crippen LogP contribution in [-0.4, -0.2) is 15.5 Å². The van der Waals surface area contributed by atoms with Gasteiger partial charge in [0.2, 0.25) is 5.91 Å². The molecule has 3 rings (SSSR count). The Kier molecular flexibility index (Phi) is 4.71. The van der Waals surface area contributed by atoms with Crippen molar-refractivity contribution in [2.24, 2.45) is 5.73 Å². The standard InChI is InChI=1S/C19H19N3OS/c1-13-8-9-16(12-14(13)2)22-11-10-21-19(22)24-17(18(20)23)15-6-4-3-5-7-15/h3-12,17H,1-2H3,(H2,20,23)/t17-/m1/s1. The van der Waals surface area contributed by atoms with Crippen LogP contribution in [0.4, 0.5) is 0 Å². The van der Waals surface area contributed by atoms with Crippen LogP contribution in [0.25, 0.3) is 5.69 Å². The average molecular weight is 337 g/mol. The molecule has 0 spiro atoms. The first-order valence-corrected chi connectivity index (χ1v) is 8.56. The number of carbonyl (C=O) groups excluding carboxylic acids is 1. The van der Waals surface area contributed by atoms with E-state index in [9.17, 15) is 4.79 Å². The fraction of sp³-hybridized carbons (Fsp3) is 0.158. The molecule has 2 N–H and O–H groups in total. The molecule has 1 aromatic heterocycles. The first-order chi connectivity index (χ1) is 11.6. The summed E-state index contributed by atoms with van der Waals surface area (Å²) in [6.45, 7) is 4.17. The van der Waals surface area contributed by atoms with Gasteiger partial charge in [-0.25, -0.2) is 4.98 Å². The summed E-state index contributed by atoms with van der Waals surface area (Å²) in [5.41, 5.74) is 9.98. The van der Waals surface area contributed by atoms with Crippen molar-refractivity contribution in [1.82, 2.24) is 9.55 Å². The normalized spacial score (nSPS) is 12.1. The number of imidazole rings is 1. The molecule has 0 aliphatic carbocycles. The van der Waals surface area contributed by atoms with Gasteiger partial charge in [-0.15, -0.1) is 0 Å². The molecule has 24 heavy (non-hydrogen) atoms. The number of rotatable bonds is 5. The number of carbonyl (C=O) groups is 1. The minimum Gasteiger partial charge on any atom is -0.368 e. The monoisotopic (exact) mass is 337 g/mol. The Morgan fingerprint density at radius 1 is 1.12 bits per heavy atom. The maximum absolute atomic E-state index is 11.9. The average Bonchev–Trinajstić information content (AvgIpc) is 3.04. The molecule has 0 aliphatic rings. The molecule has 1 atom stereocenters. The van der Waals surface area contributed by atoms with Crippen molar-refractivity contribution in [2.75, 3.05) is 0 Å². The number of nitrogens with two attached hydrogens (primary N) is 1. The van der Waals surface area contributed by atoms with E-state index in [0.717, 1.165) is 16.4 Å². The molecule has 0 unspecified atom stereocenters. The Labute approximate surface area is 145 Å². The molecule has 1 heterocycles. The van der Waals surface area contributed by atoms with Crippen molar-refractivity contribution < 1.29 is 4.79 Å². The zero-order valence-corrected chi connectivity index (χ0v) is 14.5. The second-order valence-corrected chi connectivity index (χ2v) is 6.73. The largest absolute Gasteiger partial charge is 0.368 e. The Hall–Kier alpha value is -2.53. The highest BCUT2D eigenvalue weighted by atomic mass is 32.2. The minimum atomic E-state index is -0.473. The van der Waals surface area contributed by atoms with Crippen LogP contribution in [0.1, 0.15) is 21.9 Å². The summed E-state index contributed by atoms with van der Waals surface area (Å²) in [6.07, 6.45) is 3.63. The molecule has 5 heteroatoms. The molecule has 0 radical (unpaired) electrons. The summed E-state index contributed by atoms with van der Waals surface area (Å²) in [6, 6.07) is 15.8. The number of hydrogen-bond acceptors (Lipinski definition) is 3. The van der Waals surface area contributed by atoms with Gasteiger partial charge in [0.1, 0.15) is 5.25 Å². The number of nitrogens with zero attached hydrogens (tertiary/aromatic N) is 2. The van der Waals surface area contributed by atoms with E-state index in [-0.39, 0.29) is 5.91 Å². The summed E-state index contributed by atoms with van der Waals surface area (Å²) in [5, 5.41) is 0.268. The molecular weight excluding hydrogens is 318 g/mol. The Morgan fingerprint density at radius 2 is 1.88 bits per heavy atom. The lowest BCUT2D eigenvalue weighted by Gasteiger charge is -2.15. The number of primary amides is 1. The molecule has 0 saturated carbocycles. The van der Waals surface area contributed by atoms with E-state index in [4.69, 9.17) is 5.73 Å². The number of thioether (sulfide) groups is 1. The lowest BCUT2D eigenvalue weighted by Crippen LogP contribution is -2.19. The van der Waals surface area contributed by atoms with Crippen molar-refractivity contribution >= 4 is 17.7 Å². The quantitative estimate of drug-likeness (QED) is 0.720. The maximum Gasteiger partial charge on any atom is 0.235 e. The summed E-state index contributed by atoms with van der Waals surface area (Å²) in [7, 11) is 0. The van der Waals surface area contributed by atoms with Crippen LogP contribution < -0.4 is 5.73 Å². The summed E-state index contributed by atoms with van der Waals surface area (Å²) < 4.78 is 1.98. The van der Waals surface area contributed by atoms with Gasteiger partial charge in [-0.05, 0) is 42.7 Å². The van der Waals surface area contributed by atoms with E-state index in [0.29, 0.717) is 0 Å². The zero-order valence-electron chi connectivity index (χ0n) is 13.6. The highest BCUT2D eigenvalue weighted by Crippen LogP contribution is 2.35. The minimum absolute atomic E-state index is 0.374. The van der Waals surface area contributed by atoms with E-state index in [1.54, 1.807) is 6.20 Å². The highest BCUT2D eigenvalue weighted by molar-refractivity contribution is 8.00. The van der Waals surface area contributed by atoms with Crippen LogP contribution in [-0.2, 0) is 4.79 Å². The number of benzene rings is 2. The molecule has 0 bridgehead atoms. The van der Waals surface area contributed by atoms with Crippen LogP contribution in [0, 0.1) is 13.8 Å². The summed E-state index contributed by atoms with van der Waals surface area (Å²) >= 11 is 1.37. The predicted molar refractivity (Wildman–Crippen MR) is 97.3 cm³/mol.